The Morgan fingerprint density at radius 1 is 0.638 bits per heavy atom. The maximum atomic E-state index is 15.5. The van der Waals surface area contributed by atoms with Crippen LogP contribution in [0.2, 0.25) is 0 Å². The molecule has 0 aliphatic carbocycles. The maximum absolute atomic E-state index is 15.5. The van der Waals surface area contributed by atoms with Gasteiger partial charge in [0.25, 0.3) is 0 Å². The first kappa shape index (κ1) is 43.8. The second-order valence-electron chi connectivity index (χ2n) is 16.1. The molecule has 0 aromatic carbocycles. The molecule has 0 radical (unpaired) electrons. The summed E-state index contributed by atoms with van der Waals surface area (Å²) in [6.07, 6.45) is 9.09. The van der Waals surface area contributed by atoms with Crippen LogP contribution in [0.25, 0.3) is 23.8 Å². The lowest BCUT2D eigenvalue weighted by molar-refractivity contribution is -0.138. The first-order valence-corrected chi connectivity index (χ1v) is 20.8. The summed E-state index contributed by atoms with van der Waals surface area (Å²) in [7, 11) is 0. The average molecular weight is 795 g/mol. The van der Waals surface area contributed by atoms with E-state index >= 15 is 4.79 Å². The van der Waals surface area contributed by atoms with E-state index in [0.717, 1.165) is 84.1 Å². The van der Waals surface area contributed by atoms with Gasteiger partial charge in [-0.15, -0.1) is 0 Å². The molecule has 0 saturated heterocycles. The number of rotatable bonds is 16. The summed E-state index contributed by atoms with van der Waals surface area (Å²) >= 11 is 0. The highest BCUT2D eigenvalue weighted by Gasteiger charge is 2.34. The molecule has 4 atom stereocenters. The zero-order valence-electron chi connectivity index (χ0n) is 35.8. The summed E-state index contributed by atoms with van der Waals surface area (Å²) < 4.78 is 0. The minimum absolute atomic E-state index is 0.0653. The smallest absolute Gasteiger partial charge is 0.303 e. The van der Waals surface area contributed by atoms with Crippen LogP contribution in [0, 0.1) is 39.5 Å². The highest BCUT2D eigenvalue weighted by molar-refractivity contribution is 6.23. The van der Waals surface area contributed by atoms with E-state index < -0.39 is 24.0 Å². The number of fused-ring (bicyclic) bond motifs is 8. The molecule has 5 heterocycles. The van der Waals surface area contributed by atoms with E-state index in [0.29, 0.717) is 35.9 Å². The number of carboxylic acids is 2. The minimum Gasteiger partial charge on any atom is -0.481 e. The van der Waals surface area contributed by atoms with Crippen LogP contribution in [0.4, 0.5) is 0 Å². The average Bonchev–Trinajstić information content (AvgIpc) is 3.86. The second kappa shape index (κ2) is 18.1. The van der Waals surface area contributed by atoms with Gasteiger partial charge in [-0.1, -0.05) is 54.4 Å². The number of amides is 1. The highest BCUT2D eigenvalue weighted by Crippen LogP contribution is 2.28. The summed E-state index contributed by atoms with van der Waals surface area (Å²) in [5, 5.41) is 25.5. The standard InChI is InChI=1S/C46H62N6O6/c1-11-22(5)41(47)46(58)52-42(23(6)12-2)45(57)40-43-27(10)28(13-3)35(51-43)20-33-26(9)31(16-18-39(55)56)37(49-33)21-36-30(15-17-38(53)54)25(8)32(48-36)19-34-24(7)29(14-4)44(40)50-34/h19-23,41-42,48-51H,11-18,47H2,1-10H3,(H,52,58)(H,53,54)(H,55,56)/t22-,23-,41-,42-/m0/s1. The van der Waals surface area contributed by atoms with Crippen LogP contribution >= 0.6 is 0 Å². The van der Waals surface area contributed by atoms with Crippen LogP contribution in [0.5, 0.6) is 0 Å². The fourth-order valence-electron chi connectivity index (χ4n) is 8.36. The molecule has 0 spiro atoms. The van der Waals surface area contributed by atoms with E-state index in [1.165, 1.54) is 0 Å². The normalized spacial score (nSPS) is 14.5. The molecule has 9 N–H and O–H groups in total. The van der Waals surface area contributed by atoms with E-state index in [1.54, 1.807) is 0 Å². The number of hydrogen-bond acceptors (Lipinski definition) is 5. The SMILES string of the molecule is CCc1c2[nH]c(c1C)C(C(=O)[C@@H](NC(=O)[C@@H](N)[C@@H](C)CC)[C@@H](C)CC)=c1[nH]c(c(C)c1CC)=Cc1[nH]c(c(CCC(=O)O)c1C)C=c1[nH]c(c(C)c1CCC(=O)O)=C2. The number of aliphatic carboxylic acids is 2. The van der Waals surface area contributed by atoms with Gasteiger partial charge in [0.05, 0.1) is 28.7 Å². The van der Waals surface area contributed by atoms with Crippen molar-refractivity contribution >= 4 is 47.4 Å². The second-order valence-corrected chi connectivity index (χ2v) is 16.1. The lowest BCUT2D eigenvalue weighted by Crippen LogP contribution is -2.53. The lowest BCUT2D eigenvalue weighted by atomic mass is 9.87. The number of Topliss-reactive ketones (excluding diaryl/α,β-unsaturated/α-hetero) is 1. The van der Waals surface area contributed by atoms with Crippen molar-refractivity contribution < 1.29 is 29.4 Å². The van der Waals surface area contributed by atoms with Gasteiger partial charge in [0.2, 0.25) is 5.91 Å². The van der Waals surface area contributed by atoms with Crippen LogP contribution in [0.15, 0.2) is 0 Å². The van der Waals surface area contributed by atoms with E-state index in [4.69, 9.17) is 5.73 Å². The molecule has 1 aliphatic rings. The van der Waals surface area contributed by atoms with E-state index in [-0.39, 0.29) is 49.2 Å². The van der Waals surface area contributed by atoms with Crippen molar-refractivity contribution in [1.29, 1.82) is 0 Å². The van der Waals surface area contributed by atoms with Gasteiger partial charge in [0.1, 0.15) is 0 Å². The Morgan fingerprint density at radius 2 is 1.17 bits per heavy atom. The quantitative estimate of drug-likeness (QED) is 0.0839. The molecule has 5 rings (SSSR count). The molecule has 4 aromatic heterocycles. The molecule has 0 unspecified atom stereocenters. The summed E-state index contributed by atoms with van der Waals surface area (Å²) in [6, 6.07) is -1.63. The molecular formula is C46H62N6O6. The largest absolute Gasteiger partial charge is 0.481 e. The third-order valence-electron chi connectivity index (χ3n) is 12.6. The first-order valence-electron chi connectivity index (χ1n) is 20.8. The van der Waals surface area contributed by atoms with Crippen LogP contribution in [0.3, 0.4) is 0 Å². The molecule has 58 heavy (non-hydrogen) atoms. The Kier molecular flexibility index (Phi) is 13.6. The number of nitrogens with two attached hydrogens (primary N) is 1. The zero-order chi connectivity index (χ0) is 42.7. The van der Waals surface area contributed by atoms with Gasteiger partial charge in [0, 0.05) is 46.0 Å². The fourth-order valence-corrected chi connectivity index (χ4v) is 8.36. The molecule has 12 heteroatoms. The molecule has 1 aliphatic heterocycles. The van der Waals surface area contributed by atoms with Gasteiger partial charge in [-0.25, -0.2) is 0 Å². The fraction of sp³-hybridized carbons (Fsp3) is 0.478. The molecule has 12 nitrogen and oxygen atoms in total. The Labute approximate surface area is 340 Å². The number of aromatic nitrogens is 4. The minimum atomic E-state index is -0.906. The summed E-state index contributed by atoms with van der Waals surface area (Å²) in [5.74, 6) is -2.68. The number of carboxylic acid groups (broad SMARTS) is 2. The highest BCUT2D eigenvalue weighted by atomic mass is 16.4. The number of aromatic amines is 4. The van der Waals surface area contributed by atoms with Gasteiger partial charge in [0.15, 0.2) is 5.78 Å². The summed E-state index contributed by atoms with van der Waals surface area (Å²) in [4.78, 5) is 67.3. The molecular weight excluding hydrogens is 733 g/mol. The Balaban J connectivity index is 1.95. The molecule has 0 saturated carbocycles. The van der Waals surface area contributed by atoms with Gasteiger partial charge in [-0.3, -0.25) is 19.2 Å². The molecule has 1 amide bonds. The van der Waals surface area contributed by atoms with Crippen molar-refractivity contribution in [2.75, 3.05) is 0 Å². The molecule has 312 valence electrons. The van der Waals surface area contributed by atoms with Crippen molar-refractivity contribution in [3.8, 4) is 0 Å². The third-order valence-corrected chi connectivity index (χ3v) is 12.6. The molecule has 4 aromatic rings. The maximum Gasteiger partial charge on any atom is 0.303 e. The first-order chi connectivity index (χ1) is 27.5. The molecule has 8 bridgehead atoms. The lowest BCUT2D eigenvalue weighted by Gasteiger charge is -2.27. The Hall–Kier alpha value is -5.36. The summed E-state index contributed by atoms with van der Waals surface area (Å²) in [5.41, 5.74) is 17.2. The third kappa shape index (κ3) is 8.57. The van der Waals surface area contributed by atoms with E-state index in [9.17, 15) is 24.6 Å². The van der Waals surface area contributed by atoms with E-state index in [2.05, 4.69) is 39.1 Å². The van der Waals surface area contributed by atoms with Crippen LogP contribution in [-0.2, 0) is 44.9 Å². The van der Waals surface area contributed by atoms with Crippen molar-refractivity contribution in [2.45, 2.75) is 133 Å². The number of H-pyrrole nitrogens is 4. The van der Waals surface area contributed by atoms with Crippen molar-refractivity contribution in [1.82, 2.24) is 25.3 Å². The number of carbonyl (C=O) groups is 4. The predicted molar refractivity (Wildman–Crippen MR) is 228 cm³/mol. The number of nitrogens with one attached hydrogen (secondary N) is 5. The van der Waals surface area contributed by atoms with Crippen molar-refractivity contribution in [2.24, 2.45) is 17.6 Å². The van der Waals surface area contributed by atoms with Crippen LogP contribution in [0.1, 0.15) is 135 Å². The number of hydrogen-bond donors (Lipinski definition) is 8. The van der Waals surface area contributed by atoms with Crippen LogP contribution in [-0.4, -0.2) is 65.9 Å². The van der Waals surface area contributed by atoms with Crippen LogP contribution < -0.4 is 32.4 Å². The van der Waals surface area contributed by atoms with E-state index in [1.807, 2.05) is 73.6 Å². The Morgan fingerprint density at radius 3 is 1.76 bits per heavy atom. The number of carbonyl (C=O) groups excluding carboxylic acids is 2. The topological polar surface area (TPSA) is 210 Å². The van der Waals surface area contributed by atoms with Gasteiger partial charge in [-0.05, 0) is 128 Å². The van der Waals surface area contributed by atoms with Crippen molar-refractivity contribution in [3.63, 3.8) is 0 Å². The summed E-state index contributed by atoms with van der Waals surface area (Å²) in [6.45, 7) is 20.0. The predicted octanol–water partition coefficient (Wildman–Crippen LogP) is 3.86. The monoisotopic (exact) mass is 794 g/mol. The Bertz CT molecular complexity index is 2490. The van der Waals surface area contributed by atoms with Crippen molar-refractivity contribution in [3.05, 3.63) is 88.7 Å². The number of ketones is 1. The molecule has 0 fully saturated rings. The van der Waals surface area contributed by atoms with Gasteiger partial charge in [-0.2, -0.15) is 0 Å². The van der Waals surface area contributed by atoms with Gasteiger partial charge >= 0.3 is 11.9 Å². The zero-order valence-corrected chi connectivity index (χ0v) is 35.8. The van der Waals surface area contributed by atoms with Gasteiger partial charge < -0.3 is 41.2 Å².